The normalized spacial score (nSPS) is 45.1. The Bertz CT molecular complexity index is 241. The van der Waals surface area contributed by atoms with Gasteiger partial charge in [0.1, 0.15) is 0 Å². The van der Waals surface area contributed by atoms with E-state index in [9.17, 15) is 5.11 Å². The molecule has 2 fully saturated rings. The molecule has 0 bridgehead atoms. The molecule has 2 saturated heterocycles. The van der Waals surface area contributed by atoms with Crippen LogP contribution in [0, 0.1) is 0 Å². The monoisotopic (exact) mass is 212 g/mol. The molecular weight excluding hydrogens is 192 g/mol. The predicted molar refractivity (Wildman–Crippen MR) is 57.7 cm³/mol. The minimum absolute atomic E-state index is 0.0320. The van der Waals surface area contributed by atoms with E-state index in [1.54, 1.807) is 0 Å². The summed E-state index contributed by atoms with van der Waals surface area (Å²) in [5, 5.41) is 9.74. The lowest BCUT2D eigenvalue weighted by Crippen LogP contribution is -2.35. The van der Waals surface area contributed by atoms with E-state index in [-0.39, 0.29) is 23.9 Å². The van der Waals surface area contributed by atoms with Crippen LogP contribution in [0.5, 0.6) is 0 Å². The van der Waals surface area contributed by atoms with E-state index in [4.69, 9.17) is 9.47 Å². The van der Waals surface area contributed by atoms with Crippen LogP contribution in [-0.2, 0) is 9.47 Å². The Kier molecular flexibility index (Phi) is 3.14. The Morgan fingerprint density at radius 3 is 3.07 bits per heavy atom. The third-order valence-electron chi connectivity index (χ3n) is 3.44. The van der Waals surface area contributed by atoms with E-state index in [0.717, 1.165) is 32.3 Å². The number of rotatable bonds is 4. The fourth-order valence-electron chi connectivity index (χ4n) is 2.31. The van der Waals surface area contributed by atoms with Crippen LogP contribution in [0.2, 0.25) is 0 Å². The second-order valence-electron chi connectivity index (χ2n) is 4.77. The second kappa shape index (κ2) is 4.24. The van der Waals surface area contributed by atoms with Crippen molar-refractivity contribution in [1.82, 2.24) is 0 Å². The molecule has 0 spiro atoms. The van der Waals surface area contributed by atoms with Crippen molar-refractivity contribution in [3.05, 3.63) is 12.7 Å². The number of epoxide rings is 1. The zero-order chi connectivity index (χ0) is 10.9. The molecule has 3 nitrogen and oxygen atoms in total. The standard InChI is InChI=1S/C12H20O3/c1-3-6-12(2)11(15-12)8-10-9(13)5-4-7-14-10/h3,9-11,13H,1,4-8H2,2H3/t9-,10+,11-,12-/m1/s1. The molecule has 2 rings (SSSR count). The summed E-state index contributed by atoms with van der Waals surface area (Å²) in [4.78, 5) is 0. The Labute approximate surface area is 91.1 Å². The lowest BCUT2D eigenvalue weighted by Gasteiger charge is -2.27. The maximum absolute atomic E-state index is 9.74. The fraction of sp³-hybridized carbons (Fsp3) is 0.833. The van der Waals surface area contributed by atoms with Gasteiger partial charge in [0.15, 0.2) is 0 Å². The van der Waals surface area contributed by atoms with Gasteiger partial charge < -0.3 is 14.6 Å². The average Bonchev–Trinajstić information content (AvgIpc) is 2.81. The highest BCUT2D eigenvalue weighted by atomic mass is 16.6. The molecule has 0 aromatic rings. The number of aliphatic hydroxyl groups excluding tert-OH is 1. The molecule has 0 aromatic heterocycles. The third-order valence-corrected chi connectivity index (χ3v) is 3.44. The van der Waals surface area contributed by atoms with E-state index in [0.29, 0.717) is 0 Å². The Morgan fingerprint density at radius 1 is 1.60 bits per heavy atom. The van der Waals surface area contributed by atoms with Crippen molar-refractivity contribution in [3.63, 3.8) is 0 Å². The maximum Gasteiger partial charge on any atom is 0.0955 e. The molecule has 0 unspecified atom stereocenters. The van der Waals surface area contributed by atoms with Gasteiger partial charge in [-0.1, -0.05) is 6.08 Å². The third kappa shape index (κ3) is 2.41. The first kappa shape index (κ1) is 11.1. The lowest BCUT2D eigenvalue weighted by molar-refractivity contribution is -0.0792. The molecule has 0 aliphatic carbocycles. The molecule has 3 heteroatoms. The van der Waals surface area contributed by atoms with Crippen molar-refractivity contribution in [2.24, 2.45) is 0 Å². The van der Waals surface area contributed by atoms with Crippen molar-refractivity contribution in [2.45, 2.75) is 56.5 Å². The summed E-state index contributed by atoms with van der Waals surface area (Å²) in [7, 11) is 0. The van der Waals surface area contributed by atoms with Gasteiger partial charge >= 0.3 is 0 Å². The van der Waals surface area contributed by atoms with Gasteiger partial charge in [0.25, 0.3) is 0 Å². The molecule has 4 atom stereocenters. The predicted octanol–water partition coefficient (Wildman–Crippen LogP) is 1.65. The molecular formula is C12H20O3. The molecule has 0 saturated carbocycles. The molecule has 2 aliphatic rings. The van der Waals surface area contributed by atoms with Crippen LogP contribution in [0.15, 0.2) is 12.7 Å². The van der Waals surface area contributed by atoms with E-state index >= 15 is 0 Å². The quantitative estimate of drug-likeness (QED) is 0.569. The smallest absolute Gasteiger partial charge is 0.0955 e. The van der Waals surface area contributed by atoms with E-state index in [1.807, 2.05) is 6.08 Å². The van der Waals surface area contributed by atoms with Gasteiger partial charge in [-0.15, -0.1) is 6.58 Å². The first-order valence-corrected chi connectivity index (χ1v) is 5.74. The van der Waals surface area contributed by atoms with E-state index in [1.165, 1.54) is 0 Å². The second-order valence-corrected chi connectivity index (χ2v) is 4.77. The van der Waals surface area contributed by atoms with Crippen LogP contribution < -0.4 is 0 Å². The van der Waals surface area contributed by atoms with Crippen LogP contribution in [0.3, 0.4) is 0 Å². The molecule has 15 heavy (non-hydrogen) atoms. The minimum Gasteiger partial charge on any atom is -0.390 e. The molecule has 0 aromatic carbocycles. The largest absolute Gasteiger partial charge is 0.390 e. The van der Waals surface area contributed by atoms with Gasteiger partial charge in [0, 0.05) is 13.0 Å². The maximum atomic E-state index is 9.74. The van der Waals surface area contributed by atoms with Gasteiger partial charge in [-0.25, -0.2) is 0 Å². The summed E-state index contributed by atoms with van der Waals surface area (Å²) < 4.78 is 11.2. The molecule has 86 valence electrons. The van der Waals surface area contributed by atoms with Gasteiger partial charge in [0.05, 0.1) is 23.9 Å². The van der Waals surface area contributed by atoms with Gasteiger partial charge in [-0.05, 0) is 26.2 Å². The van der Waals surface area contributed by atoms with Crippen LogP contribution in [0.4, 0.5) is 0 Å². The molecule has 1 N–H and O–H groups in total. The number of aliphatic hydroxyl groups is 1. The molecule has 2 heterocycles. The highest BCUT2D eigenvalue weighted by Gasteiger charge is 2.52. The van der Waals surface area contributed by atoms with Gasteiger partial charge in [0.2, 0.25) is 0 Å². The van der Waals surface area contributed by atoms with Crippen molar-refractivity contribution in [3.8, 4) is 0 Å². The SMILES string of the molecule is C=CC[C@@]1(C)O[C@@H]1C[C@@H]1OCCC[C@H]1O. The first-order chi connectivity index (χ1) is 7.15. The number of hydrogen-bond acceptors (Lipinski definition) is 3. The van der Waals surface area contributed by atoms with Gasteiger partial charge in [-0.3, -0.25) is 0 Å². The summed E-state index contributed by atoms with van der Waals surface area (Å²) >= 11 is 0. The molecule has 0 amide bonds. The van der Waals surface area contributed by atoms with Crippen molar-refractivity contribution in [2.75, 3.05) is 6.61 Å². The van der Waals surface area contributed by atoms with Crippen molar-refractivity contribution < 1.29 is 14.6 Å². The Balaban J connectivity index is 1.80. The fourth-order valence-corrected chi connectivity index (χ4v) is 2.31. The van der Waals surface area contributed by atoms with E-state index in [2.05, 4.69) is 13.5 Å². The summed E-state index contributed by atoms with van der Waals surface area (Å²) in [6, 6.07) is 0. The lowest BCUT2D eigenvalue weighted by atomic mass is 9.95. The van der Waals surface area contributed by atoms with Crippen LogP contribution in [0.1, 0.15) is 32.6 Å². The molecule has 0 radical (unpaired) electrons. The zero-order valence-electron chi connectivity index (χ0n) is 9.32. The van der Waals surface area contributed by atoms with Crippen LogP contribution in [0.25, 0.3) is 0 Å². The zero-order valence-corrected chi connectivity index (χ0v) is 9.32. The Morgan fingerprint density at radius 2 is 2.40 bits per heavy atom. The van der Waals surface area contributed by atoms with Crippen LogP contribution in [-0.4, -0.2) is 35.6 Å². The minimum atomic E-state index is -0.309. The summed E-state index contributed by atoms with van der Waals surface area (Å²) in [5.74, 6) is 0. The van der Waals surface area contributed by atoms with Gasteiger partial charge in [-0.2, -0.15) is 0 Å². The highest BCUT2D eigenvalue weighted by molar-refractivity contribution is 5.04. The van der Waals surface area contributed by atoms with Crippen molar-refractivity contribution in [1.29, 1.82) is 0 Å². The first-order valence-electron chi connectivity index (χ1n) is 5.74. The Hall–Kier alpha value is -0.380. The average molecular weight is 212 g/mol. The summed E-state index contributed by atoms with van der Waals surface area (Å²) in [6.45, 7) is 6.58. The number of ether oxygens (including phenoxy) is 2. The highest BCUT2D eigenvalue weighted by Crippen LogP contribution is 2.43. The van der Waals surface area contributed by atoms with E-state index < -0.39 is 0 Å². The summed E-state index contributed by atoms with van der Waals surface area (Å²) in [6.07, 6.45) is 5.28. The van der Waals surface area contributed by atoms with Crippen LogP contribution >= 0.6 is 0 Å². The number of hydrogen-bond donors (Lipinski definition) is 1. The summed E-state index contributed by atoms with van der Waals surface area (Å²) in [5.41, 5.74) is -0.0533. The molecule has 2 aliphatic heterocycles. The topological polar surface area (TPSA) is 42.0 Å². The van der Waals surface area contributed by atoms with Crippen molar-refractivity contribution >= 4 is 0 Å².